The molecular weight excluding hydrogens is 676 g/mol. The van der Waals surface area contributed by atoms with Gasteiger partial charge in [-0.2, -0.15) is 0 Å². The average Bonchev–Trinajstić information content (AvgIpc) is 3.12. The van der Waals surface area contributed by atoms with Crippen LogP contribution < -0.4 is 0 Å². The van der Waals surface area contributed by atoms with E-state index in [1.54, 1.807) is 0 Å². The highest BCUT2D eigenvalue weighted by atomic mass is 16.8. The zero-order valence-electron chi connectivity index (χ0n) is 29.6. The molecule has 10 atom stereocenters. The van der Waals surface area contributed by atoms with Crippen LogP contribution in [0.1, 0.15) is 44.4 Å². The van der Waals surface area contributed by atoms with Crippen molar-refractivity contribution in [3.8, 4) is 0 Å². The molecule has 2 fully saturated rings. The van der Waals surface area contributed by atoms with Gasteiger partial charge in [0.05, 0.1) is 25.9 Å². The quantitative estimate of drug-likeness (QED) is 0.178. The first-order chi connectivity index (χ1) is 25.1. The third-order valence-corrected chi connectivity index (χ3v) is 8.54. The molecule has 280 valence electrons. The van der Waals surface area contributed by atoms with Crippen LogP contribution in [-0.4, -0.2) is 91.0 Å². The van der Waals surface area contributed by atoms with Gasteiger partial charge in [-0.25, -0.2) is 0 Å². The summed E-state index contributed by atoms with van der Waals surface area (Å²) in [5, 5.41) is 11.3. The Labute approximate surface area is 302 Å². The molecule has 0 unspecified atom stereocenters. The molecule has 5 rings (SSSR count). The number of rotatable bonds is 15. The second-order valence-corrected chi connectivity index (χ2v) is 12.6. The number of esters is 3. The molecule has 0 bridgehead atoms. The number of benzene rings is 3. The molecule has 0 radical (unpaired) electrons. The van der Waals surface area contributed by atoms with Crippen molar-refractivity contribution in [1.82, 2.24) is 0 Å². The van der Waals surface area contributed by atoms with Crippen molar-refractivity contribution in [3.63, 3.8) is 0 Å². The minimum Gasteiger partial charge on any atom is -0.463 e. The van der Waals surface area contributed by atoms with E-state index in [4.69, 9.17) is 42.6 Å². The zero-order valence-corrected chi connectivity index (χ0v) is 29.6. The van der Waals surface area contributed by atoms with Crippen molar-refractivity contribution < 1.29 is 62.1 Å². The van der Waals surface area contributed by atoms with Crippen LogP contribution in [0.3, 0.4) is 0 Å². The highest BCUT2D eigenvalue weighted by Crippen LogP contribution is 2.35. The summed E-state index contributed by atoms with van der Waals surface area (Å²) in [7, 11) is 0. The van der Waals surface area contributed by atoms with Gasteiger partial charge < -0.3 is 47.7 Å². The van der Waals surface area contributed by atoms with Crippen molar-refractivity contribution >= 4 is 17.9 Å². The molecule has 1 N–H and O–H groups in total. The van der Waals surface area contributed by atoms with Gasteiger partial charge in [-0.05, 0) is 23.6 Å². The molecule has 0 aromatic heterocycles. The van der Waals surface area contributed by atoms with Gasteiger partial charge in [0.2, 0.25) is 0 Å². The fraction of sp³-hybridized carbons (Fsp3) is 0.462. The van der Waals surface area contributed by atoms with E-state index in [9.17, 15) is 19.5 Å². The predicted octanol–water partition coefficient (Wildman–Crippen LogP) is 4.02. The summed E-state index contributed by atoms with van der Waals surface area (Å²) in [6, 6.07) is 28.8. The number of hydrogen-bond donors (Lipinski definition) is 1. The number of hydrogen-bond acceptors (Lipinski definition) is 13. The van der Waals surface area contributed by atoms with Crippen LogP contribution in [0, 0.1) is 0 Å². The topological polar surface area (TPSA) is 155 Å². The van der Waals surface area contributed by atoms with Gasteiger partial charge in [-0.3, -0.25) is 14.4 Å². The molecule has 0 amide bonds. The lowest BCUT2D eigenvalue weighted by atomic mass is 9.96. The maximum Gasteiger partial charge on any atom is 0.303 e. The average molecular weight is 723 g/mol. The number of ether oxygens (including phenoxy) is 9. The van der Waals surface area contributed by atoms with Crippen molar-refractivity contribution in [2.24, 2.45) is 0 Å². The van der Waals surface area contributed by atoms with Gasteiger partial charge in [-0.1, -0.05) is 91.0 Å². The Balaban J connectivity index is 1.48. The molecule has 0 saturated carbocycles. The Bertz CT molecular complexity index is 1560. The van der Waals surface area contributed by atoms with E-state index in [-0.39, 0.29) is 19.8 Å². The van der Waals surface area contributed by atoms with E-state index in [2.05, 4.69) is 0 Å². The summed E-state index contributed by atoms with van der Waals surface area (Å²) < 4.78 is 54.6. The molecule has 2 heterocycles. The van der Waals surface area contributed by atoms with E-state index < -0.39 is 85.9 Å². The van der Waals surface area contributed by atoms with Crippen molar-refractivity contribution in [2.75, 3.05) is 6.61 Å². The van der Waals surface area contributed by atoms with Crippen molar-refractivity contribution in [3.05, 3.63) is 108 Å². The molecule has 52 heavy (non-hydrogen) atoms. The fourth-order valence-electron chi connectivity index (χ4n) is 6.17. The Morgan fingerprint density at radius 3 is 1.52 bits per heavy atom. The number of carbonyl (C=O) groups excluding carboxylic acids is 3. The van der Waals surface area contributed by atoms with Crippen molar-refractivity contribution in [2.45, 2.75) is 109 Å². The van der Waals surface area contributed by atoms with E-state index in [1.807, 2.05) is 97.9 Å². The highest BCUT2D eigenvalue weighted by molar-refractivity contribution is 5.68. The number of aliphatic hydroxyl groups is 1. The number of carbonyl (C=O) groups is 3. The van der Waals surface area contributed by atoms with Crippen LogP contribution in [0.15, 0.2) is 91.0 Å². The van der Waals surface area contributed by atoms with E-state index in [1.165, 1.54) is 6.92 Å². The highest BCUT2D eigenvalue weighted by Gasteiger charge is 2.55. The second-order valence-electron chi connectivity index (χ2n) is 12.6. The Morgan fingerprint density at radius 1 is 0.577 bits per heavy atom. The molecule has 13 heteroatoms. The molecule has 0 aliphatic carbocycles. The number of aliphatic hydroxyl groups excluding tert-OH is 1. The molecule has 2 aliphatic heterocycles. The third kappa shape index (κ3) is 10.9. The maximum atomic E-state index is 12.4. The van der Waals surface area contributed by atoms with Gasteiger partial charge in [0, 0.05) is 20.8 Å². The van der Waals surface area contributed by atoms with Crippen LogP contribution in [0.4, 0.5) is 0 Å². The molecule has 2 aliphatic rings. The Kier molecular flexibility index (Phi) is 14.3. The minimum absolute atomic E-state index is 0.136. The summed E-state index contributed by atoms with van der Waals surface area (Å²) in [6.45, 7) is 5.54. The molecule has 3 aromatic rings. The Morgan fingerprint density at radius 2 is 1.04 bits per heavy atom. The van der Waals surface area contributed by atoms with Gasteiger partial charge in [0.25, 0.3) is 0 Å². The lowest BCUT2D eigenvalue weighted by molar-refractivity contribution is -0.369. The van der Waals surface area contributed by atoms with Crippen molar-refractivity contribution in [1.29, 1.82) is 0 Å². The molecule has 2 saturated heterocycles. The molecule has 0 spiro atoms. The molecule has 3 aromatic carbocycles. The maximum absolute atomic E-state index is 12.4. The van der Waals surface area contributed by atoms with Gasteiger partial charge in [0.15, 0.2) is 30.9 Å². The predicted molar refractivity (Wildman–Crippen MR) is 183 cm³/mol. The summed E-state index contributed by atoms with van der Waals surface area (Å²) in [5.41, 5.74) is 2.73. The monoisotopic (exact) mass is 722 g/mol. The summed E-state index contributed by atoms with van der Waals surface area (Å²) in [5.74, 6) is -2.10. The first-order valence-electron chi connectivity index (χ1n) is 17.2. The van der Waals surface area contributed by atoms with E-state index >= 15 is 0 Å². The lowest BCUT2D eigenvalue weighted by Crippen LogP contribution is -2.65. The van der Waals surface area contributed by atoms with Crippen LogP contribution in [-0.2, 0) is 76.8 Å². The summed E-state index contributed by atoms with van der Waals surface area (Å²) in [6.07, 6.45) is -11.4. The van der Waals surface area contributed by atoms with Gasteiger partial charge in [0.1, 0.15) is 31.0 Å². The first-order valence-corrected chi connectivity index (χ1v) is 17.2. The fourth-order valence-corrected chi connectivity index (χ4v) is 6.17. The third-order valence-electron chi connectivity index (χ3n) is 8.54. The van der Waals surface area contributed by atoms with Gasteiger partial charge in [-0.15, -0.1) is 0 Å². The molecule has 13 nitrogen and oxygen atoms in total. The minimum atomic E-state index is -1.75. The smallest absolute Gasteiger partial charge is 0.303 e. The largest absolute Gasteiger partial charge is 0.463 e. The zero-order chi connectivity index (χ0) is 37.0. The standard InChI is InChI=1S/C39H46O13/c1-24-32(45-20-28-14-8-5-9-15-28)34(46-21-29-16-10-6-11-17-29)37(47-22-30-18-12-7-13-19-30)39(48-24)52-36-35(50-27(4)42)33(49-26(3)41)31(51-38(36)43)23-44-25(2)40/h5-19,24,31-39,43H,20-23H2,1-4H3/t24-,31-,32+,33-,34-,35-,36-,37-,38-,39+/m0/s1. The van der Waals surface area contributed by atoms with Crippen LogP contribution >= 0.6 is 0 Å². The summed E-state index contributed by atoms with van der Waals surface area (Å²) >= 11 is 0. The van der Waals surface area contributed by atoms with Crippen LogP contribution in [0.25, 0.3) is 0 Å². The van der Waals surface area contributed by atoms with Gasteiger partial charge >= 0.3 is 17.9 Å². The normalized spacial score (nSPS) is 28.8. The van der Waals surface area contributed by atoms with E-state index in [0.717, 1.165) is 30.5 Å². The first kappa shape index (κ1) is 39.0. The molecular formula is C39H46O13. The van der Waals surface area contributed by atoms with Crippen LogP contribution in [0.2, 0.25) is 0 Å². The second kappa shape index (κ2) is 19.0. The van der Waals surface area contributed by atoms with Crippen LogP contribution in [0.5, 0.6) is 0 Å². The summed E-state index contributed by atoms with van der Waals surface area (Å²) in [4.78, 5) is 36.3. The SMILES string of the molecule is CC(=O)OC[C@@H]1O[C@H](O)[C@@H](O[C@H]2O[C@@H](C)[C@@H](OCc3ccccc3)[C@H](OCc3ccccc3)[C@@H]2OCc2ccccc2)[C@@H](OC(C)=O)[C@H]1OC(C)=O. The lowest BCUT2D eigenvalue weighted by Gasteiger charge is -2.48. The Hall–Kier alpha value is -4.21. The van der Waals surface area contributed by atoms with E-state index in [0.29, 0.717) is 0 Å².